The van der Waals surface area contributed by atoms with Gasteiger partial charge in [-0.1, -0.05) is 41.4 Å². The predicted molar refractivity (Wildman–Crippen MR) is 132 cm³/mol. The zero-order valence-electron chi connectivity index (χ0n) is 18.0. The molecule has 0 atom stereocenters. The number of carbonyl (C=O) groups excluding carboxylic acids is 2. The van der Waals surface area contributed by atoms with Crippen LogP contribution in [0.2, 0.25) is 10.0 Å². The number of amides is 1. The first-order valence-electron chi connectivity index (χ1n) is 10.3. The van der Waals surface area contributed by atoms with Crippen LogP contribution in [0.4, 0.5) is 5.69 Å². The van der Waals surface area contributed by atoms with Crippen molar-refractivity contribution in [1.29, 1.82) is 0 Å². The van der Waals surface area contributed by atoms with Crippen molar-refractivity contribution < 1.29 is 14.3 Å². The number of halogens is 2. The molecule has 0 spiro atoms. The van der Waals surface area contributed by atoms with Gasteiger partial charge in [0.25, 0.3) is 5.91 Å². The number of hydrogen-bond acceptors (Lipinski definition) is 4. The van der Waals surface area contributed by atoms with Gasteiger partial charge in [-0.15, -0.1) is 0 Å². The fraction of sp³-hybridized carbons (Fsp3) is 0.115. The highest BCUT2D eigenvalue weighted by Crippen LogP contribution is 2.35. The lowest BCUT2D eigenvalue weighted by Gasteiger charge is -2.16. The van der Waals surface area contributed by atoms with Crippen molar-refractivity contribution >= 4 is 51.7 Å². The lowest BCUT2D eigenvalue weighted by Crippen LogP contribution is -2.15. The Hall–Kier alpha value is -3.41. The average molecular weight is 479 g/mol. The first-order chi connectivity index (χ1) is 15.9. The van der Waals surface area contributed by atoms with E-state index in [9.17, 15) is 9.59 Å². The fourth-order valence-electron chi connectivity index (χ4n) is 3.64. The third-order valence-electron chi connectivity index (χ3n) is 5.20. The normalized spacial score (nSPS) is 10.8. The van der Waals surface area contributed by atoms with Crippen molar-refractivity contribution in [3.63, 3.8) is 0 Å². The molecule has 0 aliphatic rings. The number of aromatic nitrogens is 1. The van der Waals surface area contributed by atoms with Gasteiger partial charge in [0.15, 0.2) is 0 Å². The summed E-state index contributed by atoms with van der Waals surface area (Å²) in [6.07, 6.45) is 0. The van der Waals surface area contributed by atoms with Crippen LogP contribution in [0.25, 0.3) is 22.2 Å². The van der Waals surface area contributed by atoms with Crippen molar-refractivity contribution in [3.8, 4) is 11.3 Å². The van der Waals surface area contributed by atoms with Crippen molar-refractivity contribution in [2.75, 3.05) is 11.9 Å². The number of nitrogens with one attached hydrogen (secondary N) is 1. The second-order valence-corrected chi connectivity index (χ2v) is 8.20. The highest BCUT2D eigenvalue weighted by atomic mass is 35.5. The highest BCUT2D eigenvalue weighted by molar-refractivity contribution is 6.36. The molecule has 0 aliphatic carbocycles. The molecule has 1 N–H and O–H groups in total. The molecule has 1 heterocycles. The molecule has 5 nitrogen and oxygen atoms in total. The number of rotatable bonds is 5. The summed E-state index contributed by atoms with van der Waals surface area (Å²) < 4.78 is 5.00. The van der Waals surface area contributed by atoms with E-state index in [1.54, 1.807) is 49.4 Å². The summed E-state index contributed by atoms with van der Waals surface area (Å²) in [7, 11) is 0. The Labute approximate surface area is 201 Å². The SMILES string of the molecule is CCOC(=O)c1ccc(NC(=O)c2c(C)c(-c3ccc(Cl)cc3Cl)nc3ccccc23)cc1. The number of pyridine rings is 1. The van der Waals surface area contributed by atoms with Crippen LogP contribution in [0.3, 0.4) is 0 Å². The van der Waals surface area contributed by atoms with Crippen LogP contribution in [0.1, 0.15) is 33.2 Å². The summed E-state index contributed by atoms with van der Waals surface area (Å²) in [6, 6.07) is 19.2. The van der Waals surface area contributed by atoms with E-state index < -0.39 is 5.97 Å². The van der Waals surface area contributed by atoms with Gasteiger partial charge < -0.3 is 10.1 Å². The van der Waals surface area contributed by atoms with Gasteiger partial charge >= 0.3 is 5.97 Å². The van der Waals surface area contributed by atoms with Gasteiger partial charge in [0, 0.05) is 21.7 Å². The number of nitrogens with zero attached hydrogens (tertiary/aromatic N) is 1. The molecule has 4 rings (SSSR count). The Morgan fingerprint density at radius 2 is 1.73 bits per heavy atom. The Balaban J connectivity index is 1.76. The Kier molecular flexibility index (Phi) is 6.63. The first kappa shape index (κ1) is 22.8. The maximum atomic E-state index is 13.4. The van der Waals surface area contributed by atoms with Crippen LogP contribution in [0, 0.1) is 6.92 Å². The number of para-hydroxylation sites is 1. The summed E-state index contributed by atoms with van der Waals surface area (Å²) in [4.78, 5) is 30.1. The molecular formula is C26H20Cl2N2O3. The molecule has 0 bridgehead atoms. The Bertz CT molecular complexity index is 1370. The quantitative estimate of drug-likeness (QED) is 0.315. The summed E-state index contributed by atoms with van der Waals surface area (Å²) in [6.45, 7) is 3.89. The number of carbonyl (C=O) groups is 2. The maximum absolute atomic E-state index is 13.4. The molecule has 1 aromatic heterocycles. The molecule has 3 aromatic carbocycles. The van der Waals surface area contributed by atoms with E-state index in [4.69, 9.17) is 32.9 Å². The van der Waals surface area contributed by atoms with Gasteiger partial charge in [0.2, 0.25) is 0 Å². The van der Waals surface area contributed by atoms with Gasteiger partial charge in [0.1, 0.15) is 0 Å². The molecule has 0 saturated carbocycles. The molecule has 0 radical (unpaired) electrons. The Morgan fingerprint density at radius 1 is 1.00 bits per heavy atom. The van der Waals surface area contributed by atoms with Gasteiger partial charge in [-0.05, 0) is 67.9 Å². The van der Waals surface area contributed by atoms with Crippen LogP contribution in [0.15, 0.2) is 66.7 Å². The lowest BCUT2D eigenvalue weighted by atomic mass is 9.97. The minimum atomic E-state index is -0.407. The van der Waals surface area contributed by atoms with Crippen LogP contribution in [0.5, 0.6) is 0 Å². The van der Waals surface area contributed by atoms with Gasteiger partial charge in [-0.25, -0.2) is 9.78 Å². The zero-order chi connectivity index (χ0) is 23.5. The van der Waals surface area contributed by atoms with Gasteiger partial charge in [-0.2, -0.15) is 0 Å². The molecule has 166 valence electrons. The number of ether oxygens (including phenoxy) is 1. The van der Waals surface area contributed by atoms with Crippen LogP contribution < -0.4 is 5.32 Å². The minimum Gasteiger partial charge on any atom is -0.462 e. The van der Waals surface area contributed by atoms with E-state index >= 15 is 0 Å². The minimum absolute atomic E-state index is 0.290. The van der Waals surface area contributed by atoms with Crippen LogP contribution in [-0.4, -0.2) is 23.5 Å². The van der Waals surface area contributed by atoms with E-state index in [0.29, 0.717) is 55.8 Å². The summed E-state index contributed by atoms with van der Waals surface area (Å²) in [5.41, 5.74) is 4.14. The number of fused-ring (bicyclic) bond motifs is 1. The summed E-state index contributed by atoms with van der Waals surface area (Å²) in [5, 5.41) is 4.62. The molecule has 0 aliphatic heterocycles. The third-order valence-corrected chi connectivity index (χ3v) is 5.75. The number of anilines is 1. The van der Waals surface area contributed by atoms with E-state index in [1.807, 2.05) is 31.2 Å². The molecule has 7 heteroatoms. The molecular weight excluding hydrogens is 459 g/mol. The molecule has 1 amide bonds. The topological polar surface area (TPSA) is 68.3 Å². The van der Waals surface area contributed by atoms with E-state index in [-0.39, 0.29) is 5.91 Å². The summed E-state index contributed by atoms with van der Waals surface area (Å²) in [5.74, 6) is -0.697. The second-order valence-electron chi connectivity index (χ2n) is 7.35. The van der Waals surface area contributed by atoms with Crippen molar-refractivity contribution in [3.05, 3.63) is 93.5 Å². The van der Waals surface area contributed by atoms with Crippen molar-refractivity contribution in [2.45, 2.75) is 13.8 Å². The monoisotopic (exact) mass is 478 g/mol. The fourth-order valence-corrected chi connectivity index (χ4v) is 4.14. The summed E-state index contributed by atoms with van der Waals surface area (Å²) >= 11 is 12.5. The van der Waals surface area contributed by atoms with E-state index in [1.165, 1.54) is 0 Å². The lowest BCUT2D eigenvalue weighted by molar-refractivity contribution is 0.0526. The standard InChI is InChI=1S/C26H20Cl2N2O3/c1-3-33-26(32)16-8-11-18(12-9-16)29-25(31)23-15(2)24(19-13-10-17(27)14-21(19)28)30-22-7-5-4-6-20(22)23/h4-14H,3H2,1-2H3,(H,29,31). The highest BCUT2D eigenvalue weighted by Gasteiger charge is 2.20. The zero-order valence-corrected chi connectivity index (χ0v) is 19.5. The van der Waals surface area contributed by atoms with E-state index in [2.05, 4.69) is 5.32 Å². The van der Waals surface area contributed by atoms with E-state index in [0.717, 1.165) is 5.39 Å². The predicted octanol–water partition coefficient (Wildman–Crippen LogP) is 6.95. The van der Waals surface area contributed by atoms with Crippen LogP contribution >= 0.6 is 23.2 Å². The molecule has 0 fully saturated rings. The third kappa shape index (κ3) is 4.70. The van der Waals surface area contributed by atoms with Crippen molar-refractivity contribution in [1.82, 2.24) is 4.98 Å². The molecule has 0 saturated heterocycles. The maximum Gasteiger partial charge on any atom is 0.338 e. The Morgan fingerprint density at radius 3 is 2.42 bits per heavy atom. The smallest absolute Gasteiger partial charge is 0.338 e. The largest absolute Gasteiger partial charge is 0.462 e. The van der Waals surface area contributed by atoms with Gasteiger partial charge in [-0.3, -0.25) is 4.79 Å². The van der Waals surface area contributed by atoms with Crippen molar-refractivity contribution in [2.24, 2.45) is 0 Å². The molecule has 0 unspecified atom stereocenters. The number of hydrogen-bond donors (Lipinski definition) is 1. The first-order valence-corrected chi connectivity index (χ1v) is 11.1. The van der Waals surface area contributed by atoms with Gasteiger partial charge in [0.05, 0.1) is 34.0 Å². The van der Waals surface area contributed by atoms with Crippen LogP contribution in [-0.2, 0) is 4.74 Å². The number of esters is 1. The second kappa shape index (κ2) is 9.61. The number of benzene rings is 3. The molecule has 33 heavy (non-hydrogen) atoms. The average Bonchev–Trinajstić information content (AvgIpc) is 2.79. The molecule has 4 aromatic rings.